The Morgan fingerprint density at radius 3 is 2.61 bits per heavy atom. The number of H-pyrrole nitrogens is 1. The maximum Gasteiger partial charge on any atom is 0.332 e. The van der Waals surface area contributed by atoms with Crippen molar-refractivity contribution in [3.05, 3.63) is 57.8 Å². The molecule has 0 aromatic carbocycles. The van der Waals surface area contributed by atoms with E-state index in [-0.39, 0.29) is 0 Å². The molecule has 8 nitrogen and oxygen atoms in total. The molecule has 2 fully saturated rings. The number of likely N-dealkylation sites (tertiary alicyclic amines) is 1. The Bertz CT molecular complexity index is 1180. The number of pyridine rings is 1. The van der Waals surface area contributed by atoms with E-state index in [0.717, 1.165) is 49.9 Å². The summed E-state index contributed by atoms with van der Waals surface area (Å²) in [6, 6.07) is 3.62. The summed E-state index contributed by atoms with van der Waals surface area (Å²) in [6.45, 7) is 3.78. The largest absolute Gasteiger partial charge is 0.343 e. The number of rotatable bonds is 4. The van der Waals surface area contributed by atoms with Crippen LogP contribution >= 0.6 is 0 Å². The normalized spacial score (nSPS) is 20.3. The van der Waals surface area contributed by atoms with Crippen molar-refractivity contribution in [2.45, 2.75) is 37.4 Å². The van der Waals surface area contributed by atoms with Crippen molar-refractivity contribution in [1.82, 2.24) is 29.3 Å². The lowest BCUT2D eigenvalue weighted by Gasteiger charge is -2.39. The molecular weight excluding hydrogens is 399 g/mol. The minimum Gasteiger partial charge on any atom is -0.343 e. The second-order valence-electron chi connectivity index (χ2n) is 8.70. The minimum absolute atomic E-state index is 0.307. The number of aromatic nitrogens is 4. The molecule has 5 rings (SSSR count). The van der Waals surface area contributed by atoms with Gasteiger partial charge in [0.2, 0.25) is 0 Å². The van der Waals surface area contributed by atoms with Crippen molar-refractivity contribution in [2.75, 3.05) is 32.7 Å². The molecule has 5 heterocycles. The molecule has 0 aliphatic carbocycles. The highest BCUT2D eigenvalue weighted by Crippen LogP contribution is 2.31. The van der Waals surface area contributed by atoms with Gasteiger partial charge in [0.25, 0.3) is 5.56 Å². The van der Waals surface area contributed by atoms with Crippen LogP contribution in [0.25, 0.3) is 16.6 Å². The number of halogens is 1. The molecule has 2 aliphatic heterocycles. The van der Waals surface area contributed by atoms with Crippen LogP contribution in [-0.2, 0) is 0 Å². The van der Waals surface area contributed by atoms with Gasteiger partial charge in [-0.15, -0.1) is 0 Å². The van der Waals surface area contributed by atoms with Gasteiger partial charge in [-0.05, 0) is 44.8 Å². The van der Waals surface area contributed by atoms with E-state index in [1.54, 1.807) is 6.20 Å². The summed E-state index contributed by atoms with van der Waals surface area (Å²) in [4.78, 5) is 32.5. The van der Waals surface area contributed by atoms with Crippen LogP contribution in [0, 0.1) is 0 Å². The number of fused-ring (bicyclic) bond motifs is 1. The molecule has 2 N–H and O–H groups in total. The summed E-state index contributed by atoms with van der Waals surface area (Å²) in [7, 11) is 0. The molecule has 31 heavy (non-hydrogen) atoms. The summed E-state index contributed by atoms with van der Waals surface area (Å²) >= 11 is 0. The van der Waals surface area contributed by atoms with Crippen molar-refractivity contribution in [2.24, 2.45) is 0 Å². The first-order valence-corrected chi connectivity index (χ1v) is 10.9. The average Bonchev–Trinajstić information content (AvgIpc) is 3.19. The summed E-state index contributed by atoms with van der Waals surface area (Å²) < 4.78 is 18.7. The lowest BCUT2D eigenvalue weighted by atomic mass is 9.92. The van der Waals surface area contributed by atoms with Gasteiger partial charge in [-0.25, -0.2) is 9.18 Å². The van der Waals surface area contributed by atoms with Crippen molar-refractivity contribution in [3.8, 4) is 5.69 Å². The van der Waals surface area contributed by atoms with Gasteiger partial charge in [0.05, 0.1) is 23.6 Å². The van der Waals surface area contributed by atoms with Crippen LogP contribution in [-0.4, -0.2) is 62.4 Å². The second-order valence-corrected chi connectivity index (χ2v) is 8.70. The van der Waals surface area contributed by atoms with Crippen LogP contribution in [0.15, 0.2) is 46.5 Å². The number of piperidine rings is 2. The number of hydrogen-bond donors (Lipinski definition) is 2. The van der Waals surface area contributed by atoms with E-state index in [9.17, 15) is 9.59 Å². The van der Waals surface area contributed by atoms with Gasteiger partial charge in [0.15, 0.2) is 0 Å². The van der Waals surface area contributed by atoms with Crippen LogP contribution in [0.4, 0.5) is 4.39 Å². The maximum absolute atomic E-state index is 15.1. The van der Waals surface area contributed by atoms with Gasteiger partial charge in [-0.3, -0.25) is 19.3 Å². The number of nitrogens with one attached hydrogen (secondary N) is 2. The Labute approximate surface area is 178 Å². The summed E-state index contributed by atoms with van der Waals surface area (Å²) in [5, 5.41) is 4.14. The monoisotopic (exact) mass is 426 g/mol. The zero-order valence-corrected chi connectivity index (χ0v) is 17.4. The average molecular weight is 426 g/mol. The predicted octanol–water partition coefficient (Wildman–Crippen LogP) is 1.60. The topological polar surface area (TPSA) is 87.9 Å². The molecule has 0 amide bonds. The SMILES string of the molecule is O=c1ccn(-c2cncc3c2ccn3C2CCN(CC3(F)CCNCC3)CC2)c(=O)[nH]1. The Kier molecular flexibility index (Phi) is 5.23. The fourth-order valence-electron chi connectivity index (χ4n) is 4.97. The smallest absolute Gasteiger partial charge is 0.332 e. The molecule has 164 valence electrons. The Morgan fingerprint density at radius 2 is 1.87 bits per heavy atom. The van der Waals surface area contributed by atoms with Crippen LogP contribution < -0.4 is 16.6 Å². The first-order chi connectivity index (χ1) is 15.0. The fraction of sp³-hybridized carbons (Fsp3) is 0.500. The molecule has 3 aromatic heterocycles. The van der Waals surface area contributed by atoms with E-state index >= 15 is 4.39 Å². The van der Waals surface area contributed by atoms with Gasteiger partial charge in [0, 0.05) is 49.5 Å². The molecule has 0 radical (unpaired) electrons. The standard InChI is InChI=1S/C22H27FN6O2/c23-22(5-7-24-8-6-22)15-27-9-1-16(2-10-27)28-11-3-17-18(28)13-25-14-19(17)29-12-4-20(30)26-21(29)31/h3-4,11-14,16,24H,1-2,5-10,15H2,(H,26,30,31). The van der Waals surface area contributed by atoms with Gasteiger partial charge in [-0.1, -0.05) is 0 Å². The van der Waals surface area contributed by atoms with Gasteiger partial charge in [0.1, 0.15) is 5.67 Å². The molecule has 0 spiro atoms. The van der Waals surface area contributed by atoms with Crippen LogP contribution in [0.5, 0.6) is 0 Å². The Hall–Kier alpha value is -2.78. The minimum atomic E-state index is -1.07. The highest BCUT2D eigenvalue weighted by atomic mass is 19.1. The summed E-state index contributed by atoms with van der Waals surface area (Å²) in [6.07, 6.45) is 10.0. The zero-order valence-electron chi connectivity index (χ0n) is 17.4. The number of aromatic amines is 1. The molecule has 2 saturated heterocycles. The van der Waals surface area contributed by atoms with Crippen molar-refractivity contribution >= 4 is 10.9 Å². The lowest BCUT2D eigenvalue weighted by molar-refractivity contribution is 0.0472. The molecule has 0 bridgehead atoms. The number of nitrogens with zero attached hydrogens (tertiary/aromatic N) is 4. The van der Waals surface area contributed by atoms with E-state index in [1.165, 1.54) is 16.8 Å². The number of hydrogen-bond acceptors (Lipinski definition) is 5. The van der Waals surface area contributed by atoms with Crippen LogP contribution in [0.1, 0.15) is 31.7 Å². The highest BCUT2D eigenvalue weighted by Gasteiger charge is 2.35. The van der Waals surface area contributed by atoms with Crippen molar-refractivity contribution in [3.63, 3.8) is 0 Å². The molecule has 2 aliphatic rings. The van der Waals surface area contributed by atoms with E-state index in [4.69, 9.17) is 0 Å². The van der Waals surface area contributed by atoms with Crippen LogP contribution in [0.3, 0.4) is 0 Å². The first kappa shape index (κ1) is 20.1. The van der Waals surface area contributed by atoms with E-state index < -0.39 is 16.9 Å². The number of alkyl halides is 1. The second kappa shape index (κ2) is 8.05. The Morgan fingerprint density at radius 1 is 1.10 bits per heavy atom. The van der Waals surface area contributed by atoms with Crippen LogP contribution in [0.2, 0.25) is 0 Å². The third-order valence-electron chi connectivity index (χ3n) is 6.67. The van der Waals surface area contributed by atoms with Crippen molar-refractivity contribution < 1.29 is 4.39 Å². The molecule has 0 saturated carbocycles. The molecule has 0 unspecified atom stereocenters. The van der Waals surface area contributed by atoms with Crippen molar-refractivity contribution in [1.29, 1.82) is 0 Å². The van der Waals surface area contributed by atoms with Gasteiger partial charge in [-0.2, -0.15) is 0 Å². The molecule has 0 atom stereocenters. The van der Waals surface area contributed by atoms with E-state index in [0.29, 0.717) is 31.1 Å². The summed E-state index contributed by atoms with van der Waals surface area (Å²) in [5.74, 6) is 0. The third-order valence-corrected chi connectivity index (χ3v) is 6.67. The maximum atomic E-state index is 15.1. The fourth-order valence-corrected chi connectivity index (χ4v) is 4.97. The molecule has 9 heteroatoms. The van der Waals surface area contributed by atoms with Gasteiger partial charge < -0.3 is 14.8 Å². The van der Waals surface area contributed by atoms with Gasteiger partial charge >= 0.3 is 5.69 Å². The predicted molar refractivity (Wildman–Crippen MR) is 117 cm³/mol. The molecule has 3 aromatic rings. The summed E-state index contributed by atoms with van der Waals surface area (Å²) in [5.41, 5.74) is -0.387. The van der Waals surface area contributed by atoms with E-state index in [1.807, 2.05) is 18.5 Å². The first-order valence-electron chi connectivity index (χ1n) is 10.9. The van der Waals surface area contributed by atoms with E-state index in [2.05, 4.69) is 24.8 Å². The third kappa shape index (κ3) is 3.95. The quantitative estimate of drug-likeness (QED) is 0.662. The zero-order chi connectivity index (χ0) is 21.4. The highest BCUT2D eigenvalue weighted by molar-refractivity contribution is 5.87. The Balaban J connectivity index is 1.35. The lowest BCUT2D eigenvalue weighted by Crippen LogP contribution is -2.48. The molecular formula is C22H27FN6O2.